The molecule has 23 heavy (non-hydrogen) atoms. The highest BCUT2D eigenvalue weighted by Gasteiger charge is 2.28. The Labute approximate surface area is 136 Å². The lowest BCUT2D eigenvalue weighted by Crippen LogP contribution is -2.48. The van der Waals surface area contributed by atoms with Crippen LogP contribution in [0.25, 0.3) is 0 Å². The summed E-state index contributed by atoms with van der Waals surface area (Å²) in [5, 5.41) is 0. The Morgan fingerprint density at radius 1 is 1.39 bits per heavy atom. The third-order valence-corrected chi connectivity index (χ3v) is 4.78. The summed E-state index contributed by atoms with van der Waals surface area (Å²) in [7, 11) is 0. The molecule has 1 aromatic rings. The molecule has 0 aromatic heterocycles. The van der Waals surface area contributed by atoms with Crippen LogP contribution in [-0.4, -0.2) is 36.0 Å². The van der Waals surface area contributed by atoms with Gasteiger partial charge in [0.2, 0.25) is 0 Å². The van der Waals surface area contributed by atoms with Gasteiger partial charge in [-0.05, 0) is 56.7 Å². The average molecular weight is 320 g/mol. The van der Waals surface area contributed by atoms with Crippen LogP contribution in [0.4, 0.5) is 4.39 Å². The summed E-state index contributed by atoms with van der Waals surface area (Å²) in [5.41, 5.74) is 6.93. The number of nitrogens with zero attached hydrogens (tertiary/aromatic N) is 1. The zero-order valence-corrected chi connectivity index (χ0v) is 13.6. The number of halogens is 1. The molecule has 2 atom stereocenters. The summed E-state index contributed by atoms with van der Waals surface area (Å²) >= 11 is 0. The quantitative estimate of drug-likeness (QED) is 0.907. The van der Waals surface area contributed by atoms with E-state index in [1.54, 1.807) is 12.1 Å². The molecule has 1 saturated carbocycles. The second kappa shape index (κ2) is 6.97. The summed E-state index contributed by atoms with van der Waals surface area (Å²) in [6.45, 7) is 3.58. The second-order valence-electron chi connectivity index (χ2n) is 6.90. The van der Waals surface area contributed by atoms with E-state index >= 15 is 0 Å². The molecule has 4 nitrogen and oxygen atoms in total. The molecule has 1 aromatic carbocycles. The lowest BCUT2D eigenvalue weighted by Gasteiger charge is -2.36. The van der Waals surface area contributed by atoms with Gasteiger partial charge in [0.05, 0.1) is 6.61 Å². The van der Waals surface area contributed by atoms with E-state index in [1.165, 1.54) is 18.9 Å². The van der Waals surface area contributed by atoms with Crippen molar-refractivity contribution in [3.8, 4) is 0 Å². The summed E-state index contributed by atoms with van der Waals surface area (Å²) < 4.78 is 19.5. The van der Waals surface area contributed by atoms with Crippen LogP contribution < -0.4 is 5.73 Å². The van der Waals surface area contributed by atoms with Crippen molar-refractivity contribution in [3.05, 3.63) is 35.1 Å². The van der Waals surface area contributed by atoms with Crippen molar-refractivity contribution in [1.82, 2.24) is 4.90 Å². The van der Waals surface area contributed by atoms with Crippen molar-refractivity contribution in [1.29, 1.82) is 0 Å². The van der Waals surface area contributed by atoms with Crippen LogP contribution in [0.3, 0.4) is 0 Å². The Hall–Kier alpha value is -1.46. The number of nitrogens with two attached hydrogens (primary N) is 1. The predicted molar refractivity (Wildman–Crippen MR) is 86.5 cm³/mol. The zero-order chi connectivity index (χ0) is 16.4. The number of piperidine rings is 1. The zero-order valence-electron chi connectivity index (χ0n) is 13.6. The molecule has 3 rings (SSSR count). The van der Waals surface area contributed by atoms with Crippen LogP contribution in [0, 0.1) is 11.7 Å². The van der Waals surface area contributed by atoms with E-state index in [4.69, 9.17) is 10.5 Å². The first-order valence-corrected chi connectivity index (χ1v) is 8.47. The first kappa shape index (κ1) is 16.4. The minimum absolute atomic E-state index is 0.0483. The smallest absolute Gasteiger partial charge is 0.254 e. The van der Waals surface area contributed by atoms with Gasteiger partial charge in [-0.1, -0.05) is 0 Å². The molecule has 126 valence electrons. The highest BCUT2D eigenvalue weighted by Crippen LogP contribution is 2.29. The predicted octanol–water partition coefficient (Wildman–Crippen LogP) is 2.70. The fourth-order valence-corrected chi connectivity index (χ4v) is 3.11. The fourth-order valence-electron chi connectivity index (χ4n) is 3.11. The second-order valence-corrected chi connectivity index (χ2v) is 6.90. The first-order valence-electron chi connectivity index (χ1n) is 8.47. The van der Waals surface area contributed by atoms with Gasteiger partial charge >= 0.3 is 0 Å². The molecular weight excluding hydrogens is 295 g/mol. The monoisotopic (exact) mass is 320 g/mol. The van der Waals surface area contributed by atoms with Gasteiger partial charge in [0.25, 0.3) is 5.91 Å². The molecule has 1 heterocycles. The van der Waals surface area contributed by atoms with E-state index < -0.39 is 0 Å². The average Bonchev–Trinajstić information content (AvgIpc) is 3.33. The molecule has 1 amide bonds. The van der Waals surface area contributed by atoms with E-state index in [2.05, 4.69) is 0 Å². The maximum atomic E-state index is 13.9. The third kappa shape index (κ3) is 4.09. The molecular formula is C18H25FN2O2. The van der Waals surface area contributed by atoms with Crippen LogP contribution in [0.15, 0.2) is 18.2 Å². The van der Waals surface area contributed by atoms with Gasteiger partial charge < -0.3 is 15.4 Å². The van der Waals surface area contributed by atoms with E-state index in [-0.39, 0.29) is 30.4 Å². The minimum Gasteiger partial charge on any atom is -0.376 e. The number of carbonyl (C=O) groups excluding carboxylic acids is 1. The maximum absolute atomic E-state index is 13.9. The molecule has 1 aliphatic carbocycles. The number of likely N-dealkylation sites (tertiary alicyclic amines) is 1. The maximum Gasteiger partial charge on any atom is 0.254 e. The van der Waals surface area contributed by atoms with Crippen molar-refractivity contribution < 1.29 is 13.9 Å². The number of benzene rings is 1. The van der Waals surface area contributed by atoms with Crippen LogP contribution in [-0.2, 0) is 11.3 Å². The lowest BCUT2D eigenvalue weighted by atomic mass is 9.98. The van der Waals surface area contributed by atoms with E-state index in [0.717, 1.165) is 12.8 Å². The standard InChI is InChI=1S/C18H25FN2O2/c1-12-8-16(20)6-7-21(12)18(22)14-4-5-17(19)15(9-14)11-23-10-13-2-3-13/h4-5,9,12-13,16H,2-3,6-8,10-11,20H2,1H3/t12-,16-/m1/s1. The van der Waals surface area contributed by atoms with Crippen molar-refractivity contribution in [2.45, 2.75) is 51.3 Å². The van der Waals surface area contributed by atoms with Crippen LogP contribution in [0.5, 0.6) is 0 Å². The third-order valence-electron chi connectivity index (χ3n) is 4.78. The number of carbonyl (C=O) groups is 1. The highest BCUT2D eigenvalue weighted by molar-refractivity contribution is 5.94. The Morgan fingerprint density at radius 2 is 2.17 bits per heavy atom. The lowest BCUT2D eigenvalue weighted by molar-refractivity contribution is 0.0618. The van der Waals surface area contributed by atoms with Gasteiger partial charge in [0.15, 0.2) is 0 Å². The van der Waals surface area contributed by atoms with E-state index in [1.807, 2.05) is 11.8 Å². The first-order chi connectivity index (χ1) is 11.0. The van der Waals surface area contributed by atoms with Gasteiger partial charge in [0, 0.05) is 36.4 Å². The molecule has 0 bridgehead atoms. The van der Waals surface area contributed by atoms with Gasteiger partial charge in [0.1, 0.15) is 5.82 Å². The number of hydrogen-bond donors (Lipinski definition) is 1. The van der Waals surface area contributed by atoms with E-state index in [9.17, 15) is 9.18 Å². The molecule has 2 fully saturated rings. The number of ether oxygens (including phenoxy) is 1. The summed E-state index contributed by atoms with van der Waals surface area (Å²) in [6, 6.07) is 4.83. The molecule has 2 aliphatic rings. The fraction of sp³-hybridized carbons (Fsp3) is 0.611. The summed E-state index contributed by atoms with van der Waals surface area (Å²) in [6.07, 6.45) is 4.03. The SMILES string of the molecule is C[C@@H]1C[C@H](N)CCN1C(=O)c1ccc(F)c(COCC2CC2)c1. The van der Waals surface area contributed by atoms with Crippen LogP contribution >= 0.6 is 0 Å². The Kier molecular flexibility index (Phi) is 4.97. The summed E-state index contributed by atoms with van der Waals surface area (Å²) in [5.74, 6) is 0.278. The van der Waals surface area contributed by atoms with Crippen molar-refractivity contribution in [3.63, 3.8) is 0 Å². The van der Waals surface area contributed by atoms with Gasteiger partial charge in [-0.2, -0.15) is 0 Å². The molecule has 0 spiro atoms. The van der Waals surface area contributed by atoms with Crippen LogP contribution in [0.1, 0.15) is 48.5 Å². The molecule has 2 N–H and O–H groups in total. The molecule has 0 unspecified atom stereocenters. The van der Waals surface area contributed by atoms with Crippen LogP contribution in [0.2, 0.25) is 0 Å². The molecule has 5 heteroatoms. The topological polar surface area (TPSA) is 55.6 Å². The van der Waals surface area contributed by atoms with Crippen molar-refractivity contribution in [2.75, 3.05) is 13.2 Å². The largest absolute Gasteiger partial charge is 0.376 e. The number of amides is 1. The molecule has 1 saturated heterocycles. The Balaban J connectivity index is 1.67. The number of hydrogen-bond acceptors (Lipinski definition) is 3. The van der Waals surface area contributed by atoms with E-state index in [0.29, 0.717) is 30.2 Å². The van der Waals surface area contributed by atoms with Crippen molar-refractivity contribution in [2.24, 2.45) is 11.7 Å². The highest BCUT2D eigenvalue weighted by atomic mass is 19.1. The minimum atomic E-state index is -0.314. The Bertz CT molecular complexity index is 574. The molecule has 1 aliphatic heterocycles. The van der Waals surface area contributed by atoms with Crippen molar-refractivity contribution >= 4 is 5.91 Å². The Morgan fingerprint density at radius 3 is 2.87 bits per heavy atom. The summed E-state index contributed by atoms with van der Waals surface area (Å²) in [4.78, 5) is 14.5. The van der Waals surface area contributed by atoms with Gasteiger partial charge in [-0.25, -0.2) is 4.39 Å². The normalized spacial score (nSPS) is 24.7. The number of rotatable bonds is 5. The molecule has 0 radical (unpaired) electrons. The van der Waals surface area contributed by atoms with Gasteiger partial charge in [-0.3, -0.25) is 4.79 Å². The van der Waals surface area contributed by atoms with Gasteiger partial charge in [-0.15, -0.1) is 0 Å².